The largest absolute Gasteiger partial charge is 0.444 e. The van der Waals surface area contributed by atoms with Crippen molar-refractivity contribution in [2.24, 2.45) is 0 Å². The minimum absolute atomic E-state index is 0.0616. The summed E-state index contributed by atoms with van der Waals surface area (Å²) < 4.78 is 50.1. The van der Waals surface area contributed by atoms with E-state index in [2.05, 4.69) is 5.16 Å². The van der Waals surface area contributed by atoms with Crippen molar-refractivity contribution in [1.82, 2.24) is 10.1 Å². The quantitative estimate of drug-likeness (QED) is 0.746. The van der Waals surface area contributed by atoms with Crippen LogP contribution in [-0.4, -0.2) is 41.0 Å². The van der Waals surface area contributed by atoms with E-state index in [0.29, 0.717) is 42.3 Å². The number of piperidine rings is 1. The predicted octanol–water partition coefficient (Wildman–Crippen LogP) is 3.24. The van der Waals surface area contributed by atoms with Gasteiger partial charge in [0.25, 0.3) is 0 Å². The van der Waals surface area contributed by atoms with Gasteiger partial charge in [-0.05, 0) is 52.2 Å². The number of rotatable bonds is 1. The van der Waals surface area contributed by atoms with E-state index in [1.165, 1.54) is 0 Å². The molecule has 148 valence electrons. The molecule has 0 radical (unpaired) electrons. The van der Waals surface area contributed by atoms with Crippen LogP contribution < -0.4 is 10.6 Å². The number of hydrogen-bond acceptors (Lipinski definition) is 4. The molecule has 1 fully saturated rings. The van der Waals surface area contributed by atoms with Crippen molar-refractivity contribution in [2.45, 2.75) is 57.7 Å². The molecule has 0 saturated carbocycles. The molecule has 1 aromatic rings. The highest BCUT2D eigenvalue weighted by atomic mass is 19.4. The molecule has 0 N–H and O–H groups in total. The van der Waals surface area contributed by atoms with Crippen molar-refractivity contribution in [2.75, 3.05) is 13.1 Å². The summed E-state index contributed by atoms with van der Waals surface area (Å²) in [6.07, 6.45) is 0.413. The molecule has 0 aromatic carbocycles. The van der Waals surface area contributed by atoms with Gasteiger partial charge in [-0.3, -0.25) is 0 Å². The molecule has 1 aliphatic heterocycles. The second-order valence-electron chi connectivity index (χ2n) is 7.83. The number of amides is 1. The van der Waals surface area contributed by atoms with Gasteiger partial charge in [0.1, 0.15) is 5.60 Å². The van der Waals surface area contributed by atoms with Gasteiger partial charge in [-0.2, -0.15) is 13.2 Å². The highest BCUT2D eigenvalue weighted by Gasteiger charge is 2.34. The number of carbonyl (C=O) groups is 1. The number of halogens is 3. The highest BCUT2D eigenvalue weighted by Crippen LogP contribution is 2.29. The van der Waals surface area contributed by atoms with E-state index in [9.17, 15) is 18.0 Å². The maximum atomic E-state index is 13.1. The number of nitrogens with zero attached hydrogens (tertiary/aromatic N) is 2. The lowest BCUT2D eigenvalue weighted by molar-refractivity contribution is -0.0867. The van der Waals surface area contributed by atoms with E-state index in [1.54, 1.807) is 31.7 Å². The Labute approximate surface area is 155 Å². The second-order valence-corrected chi connectivity index (χ2v) is 7.83. The maximum absolute atomic E-state index is 13.1. The number of carbonyl (C=O) groups excluding carboxylic acids is 1. The summed E-state index contributed by atoms with van der Waals surface area (Å²) in [5, 5.41) is 4.44. The average molecular weight is 384 g/mol. The molecule has 2 aliphatic rings. The van der Waals surface area contributed by atoms with Crippen molar-refractivity contribution < 1.29 is 27.2 Å². The van der Waals surface area contributed by atoms with Gasteiger partial charge in [0.2, 0.25) is 0 Å². The topological polar surface area (TPSA) is 55.6 Å². The van der Waals surface area contributed by atoms with Crippen LogP contribution in [0.4, 0.5) is 18.0 Å². The van der Waals surface area contributed by atoms with Gasteiger partial charge in [-0.25, -0.2) is 4.79 Å². The summed E-state index contributed by atoms with van der Waals surface area (Å²) in [5.41, 5.74) is -0.354. The number of alkyl halides is 3. The van der Waals surface area contributed by atoms with E-state index in [-0.39, 0.29) is 18.4 Å². The molecule has 0 atom stereocenters. The molecule has 0 spiro atoms. The van der Waals surface area contributed by atoms with Crippen LogP contribution in [0, 0.1) is 0 Å². The van der Waals surface area contributed by atoms with Crippen molar-refractivity contribution in [3.8, 4) is 0 Å². The maximum Gasteiger partial charge on any atom is 0.416 e. The Hall–Kier alpha value is -2.25. The third kappa shape index (κ3) is 4.54. The summed E-state index contributed by atoms with van der Waals surface area (Å²) in [6, 6.07) is 0. The first-order valence-electron chi connectivity index (χ1n) is 8.97. The van der Waals surface area contributed by atoms with Crippen LogP contribution >= 0.6 is 0 Å². The first kappa shape index (κ1) is 19.5. The summed E-state index contributed by atoms with van der Waals surface area (Å²) >= 11 is 0. The number of hydrogen-bond donors (Lipinski definition) is 0. The SMILES string of the molecule is CC(C)(C)OC(=O)N1CCC(c2noc3c2=CC(C(F)(F)F)=CCC=3)CC1. The van der Waals surface area contributed by atoms with Crippen LogP contribution in [0.1, 0.15) is 51.6 Å². The van der Waals surface area contributed by atoms with E-state index in [1.807, 2.05) is 0 Å². The van der Waals surface area contributed by atoms with Crippen LogP contribution in [0.5, 0.6) is 0 Å². The lowest BCUT2D eigenvalue weighted by Gasteiger charge is -2.32. The van der Waals surface area contributed by atoms with Crippen LogP contribution in [0.15, 0.2) is 16.2 Å². The zero-order valence-corrected chi connectivity index (χ0v) is 15.6. The number of aromatic nitrogens is 1. The molecule has 1 aromatic heterocycles. The van der Waals surface area contributed by atoms with E-state index in [4.69, 9.17) is 9.26 Å². The van der Waals surface area contributed by atoms with E-state index >= 15 is 0 Å². The van der Waals surface area contributed by atoms with Crippen molar-refractivity contribution in [3.63, 3.8) is 0 Å². The molecule has 3 rings (SSSR count). The minimum atomic E-state index is -4.41. The monoisotopic (exact) mass is 384 g/mol. The second kappa shape index (κ2) is 7.05. The third-order valence-electron chi connectivity index (χ3n) is 4.59. The molecule has 27 heavy (non-hydrogen) atoms. The predicted molar refractivity (Wildman–Crippen MR) is 93.2 cm³/mol. The first-order valence-corrected chi connectivity index (χ1v) is 8.97. The molecule has 1 amide bonds. The van der Waals surface area contributed by atoms with Crippen LogP contribution in [-0.2, 0) is 4.74 Å². The Balaban J connectivity index is 1.78. The van der Waals surface area contributed by atoms with Crippen LogP contribution in [0.3, 0.4) is 0 Å². The van der Waals surface area contributed by atoms with E-state index in [0.717, 1.165) is 12.2 Å². The Bertz CT molecular complexity index is 854. The number of allylic oxidation sites excluding steroid dienone is 2. The third-order valence-corrected chi connectivity index (χ3v) is 4.59. The Morgan fingerprint density at radius 2 is 1.89 bits per heavy atom. The molecular weight excluding hydrogens is 361 g/mol. The zero-order chi connectivity index (χ0) is 19.8. The molecule has 0 bridgehead atoms. The number of likely N-dealkylation sites (tertiary alicyclic amines) is 1. The Kier molecular flexibility index (Phi) is 5.10. The normalized spacial score (nSPS) is 18.7. The summed E-state index contributed by atoms with van der Waals surface area (Å²) in [6.45, 7) is 6.35. The minimum Gasteiger partial charge on any atom is -0.444 e. The van der Waals surface area contributed by atoms with Crippen molar-refractivity contribution in [3.05, 3.63) is 28.0 Å². The van der Waals surface area contributed by atoms with Gasteiger partial charge in [0.05, 0.1) is 11.3 Å². The van der Waals surface area contributed by atoms with Gasteiger partial charge in [-0.1, -0.05) is 11.2 Å². The molecule has 5 nitrogen and oxygen atoms in total. The van der Waals surface area contributed by atoms with Crippen LogP contribution in [0.2, 0.25) is 0 Å². The smallest absolute Gasteiger partial charge is 0.416 e. The molecule has 1 saturated heterocycles. The van der Waals surface area contributed by atoms with Gasteiger partial charge < -0.3 is 14.2 Å². The molecule has 1 aliphatic carbocycles. The van der Waals surface area contributed by atoms with Gasteiger partial charge in [-0.15, -0.1) is 0 Å². The fourth-order valence-corrected chi connectivity index (χ4v) is 3.28. The molecule has 0 unspecified atom stereocenters. The van der Waals surface area contributed by atoms with Crippen molar-refractivity contribution >= 4 is 18.2 Å². The van der Waals surface area contributed by atoms with Gasteiger partial charge in [0, 0.05) is 24.2 Å². The zero-order valence-electron chi connectivity index (χ0n) is 15.6. The summed E-state index contributed by atoms with van der Waals surface area (Å²) in [4.78, 5) is 13.8. The Morgan fingerprint density at radius 3 is 2.48 bits per heavy atom. The van der Waals surface area contributed by atoms with E-state index < -0.39 is 17.4 Å². The average Bonchev–Trinajstić information content (AvgIpc) is 2.81. The lowest BCUT2D eigenvalue weighted by atomic mass is 9.92. The number of fused-ring (bicyclic) bond motifs is 1. The first-order chi connectivity index (χ1) is 12.5. The van der Waals surface area contributed by atoms with Crippen LogP contribution in [0.25, 0.3) is 12.2 Å². The fraction of sp³-hybridized carbons (Fsp3) is 0.579. The van der Waals surface area contributed by atoms with Gasteiger partial charge >= 0.3 is 12.3 Å². The number of ether oxygens (including phenoxy) is 1. The standard InChI is InChI=1S/C19H23F3N2O3/c1-18(2,3)26-17(25)24-9-7-12(8-10-24)16-14-11-13(19(20,21)22)5-4-6-15(14)27-23-16/h5-6,11-12H,4,7-10H2,1-3H3. The Morgan fingerprint density at radius 1 is 1.22 bits per heavy atom. The fourth-order valence-electron chi connectivity index (χ4n) is 3.28. The lowest BCUT2D eigenvalue weighted by Crippen LogP contribution is -2.42. The molecule has 8 heteroatoms. The summed E-state index contributed by atoms with van der Waals surface area (Å²) in [7, 11) is 0. The summed E-state index contributed by atoms with van der Waals surface area (Å²) in [5.74, 6) is -0.0616. The highest BCUT2D eigenvalue weighted by molar-refractivity contribution is 5.68. The van der Waals surface area contributed by atoms with Gasteiger partial charge in [0.15, 0.2) is 5.42 Å². The van der Waals surface area contributed by atoms with Crippen molar-refractivity contribution in [1.29, 1.82) is 0 Å². The molecule has 2 heterocycles. The molecular formula is C19H23F3N2O3.